The smallest absolute Gasteiger partial charge is 0.338 e. The quantitative estimate of drug-likeness (QED) is 0.234. The van der Waals surface area contributed by atoms with E-state index in [1.165, 1.54) is 27.5 Å². The number of benzene rings is 1. The number of carboxylic acids is 1. The van der Waals surface area contributed by atoms with Gasteiger partial charge in [0.05, 0.1) is 56.6 Å². The number of fused-ring (bicyclic) bond motifs is 2. The molecule has 42 heavy (non-hydrogen) atoms. The molecule has 13 heteroatoms. The molecule has 6 rings (SSSR count). The van der Waals surface area contributed by atoms with Crippen LogP contribution in [-0.2, 0) is 6.54 Å². The number of nitriles is 1. The molecule has 212 valence electrons. The van der Waals surface area contributed by atoms with E-state index in [9.17, 15) is 28.7 Å². The molecule has 4 aromatic heterocycles. The third-order valence-electron chi connectivity index (χ3n) is 7.17. The number of halogens is 3. The predicted molar refractivity (Wildman–Crippen MR) is 153 cm³/mol. The lowest BCUT2D eigenvalue weighted by molar-refractivity contribution is 0.0699. The van der Waals surface area contributed by atoms with E-state index in [4.69, 9.17) is 16.3 Å². The van der Waals surface area contributed by atoms with Crippen molar-refractivity contribution in [3.05, 3.63) is 79.6 Å². The molecule has 1 aliphatic carbocycles. The lowest BCUT2D eigenvalue weighted by Crippen LogP contribution is -2.27. The van der Waals surface area contributed by atoms with Gasteiger partial charge in [-0.25, -0.2) is 18.6 Å². The van der Waals surface area contributed by atoms with Gasteiger partial charge >= 0.3 is 5.97 Å². The predicted octanol–water partition coefficient (Wildman–Crippen LogP) is 6.11. The fourth-order valence-corrected chi connectivity index (χ4v) is 6.24. The monoisotopic (exact) mass is 607 g/mol. The maximum absolute atomic E-state index is 13.8. The average molecular weight is 608 g/mol. The van der Waals surface area contributed by atoms with Gasteiger partial charge in [0.25, 0.3) is 11.5 Å². The van der Waals surface area contributed by atoms with Crippen LogP contribution in [0.1, 0.15) is 45.5 Å². The van der Waals surface area contributed by atoms with Crippen LogP contribution in [0, 0.1) is 25.2 Å². The standard InChI is InChI=1S/C29H20ClF2N5O4S/c1-13-7-17(26-25(35-13)19(12-42-26)28(39)40)16-8-15(30)3-4-22(16)41-6-5-37-14(2)36-21-11-34-24(20-9-29(20,31)32)18(10-33)23(21)27(37)38/h3-4,7-8,11-12,20H,5-6,9H2,1-2H3,(H,39,40). The van der Waals surface area contributed by atoms with Gasteiger partial charge in [-0.1, -0.05) is 11.6 Å². The van der Waals surface area contributed by atoms with Crippen molar-refractivity contribution in [3.63, 3.8) is 0 Å². The van der Waals surface area contributed by atoms with Crippen molar-refractivity contribution in [2.75, 3.05) is 6.61 Å². The molecule has 0 bridgehead atoms. The van der Waals surface area contributed by atoms with Crippen molar-refractivity contribution in [1.29, 1.82) is 5.26 Å². The Morgan fingerprint density at radius 3 is 2.74 bits per heavy atom. The minimum absolute atomic E-state index is 0.0150. The van der Waals surface area contributed by atoms with E-state index in [2.05, 4.69) is 15.0 Å². The summed E-state index contributed by atoms with van der Waals surface area (Å²) < 4.78 is 35.7. The number of aryl methyl sites for hydroxylation is 2. The summed E-state index contributed by atoms with van der Waals surface area (Å²) in [6.45, 7) is 3.45. The van der Waals surface area contributed by atoms with Gasteiger partial charge in [0.1, 0.15) is 24.3 Å². The molecular weight excluding hydrogens is 588 g/mol. The molecule has 1 aliphatic rings. The molecule has 1 unspecified atom stereocenters. The van der Waals surface area contributed by atoms with E-state index in [-0.39, 0.29) is 40.9 Å². The van der Waals surface area contributed by atoms with Gasteiger partial charge in [-0.3, -0.25) is 19.3 Å². The second kappa shape index (κ2) is 10.1. The highest BCUT2D eigenvalue weighted by Crippen LogP contribution is 2.56. The van der Waals surface area contributed by atoms with Crippen LogP contribution in [-0.4, -0.2) is 43.1 Å². The molecule has 1 fully saturated rings. The minimum Gasteiger partial charge on any atom is -0.491 e. The van der Waals surface area contributed by atoms with Crippen molar-refractivity contribution in [2.24, 2.45) is 0 Å². The molecule has 0 amide bonds. The largest absolute Gasteiger partial charge is 0.491 e. The van der Waals surface area contributed by atoms with Crippen LogP contribution >= 0.6 is 22.9 Å². The number of ether oxygens (including phenoxy) is 1. The SMILES string of the molecule is Cc1cc(-c2cc(Cl)ccc2OCCn2c(C)nc3cnc(C4CC4(F)F)c(C#N)c3c2=O)c2scc(C(=O)O)c2n1. The number of hydrogen-bond donors (Lipinski definition) is 1. The summed E-state index contributed by atoms with van der Waals surface area (Å²) in [5.41, 5.74) is 1.72. The van der Waals surface area contributed by atoms with Crippen molar-refractivity contribution in [2.45, 2.75) is 38.7 Å². The Morgan fingerprint density at radius 2 is 2.05 bits per heavy atom. The molecule has 0 aliphatic heterocycles. The first-order valence-electron chi connectivity index (χ1n) is 12.7. The lowest BCUT2D eigenvalue weighted by atomic mass is 10.0. The van der Waals surface area contributed by atoms with Crippen LogP contribution in [0.25, 0.3) is 32.2 Å². The Labute approximate surface area is 245 Å². The fraction of sp³-hybridized carbons (Fsp3) is 0.241. The average Bonchev–Trinajstić information content (AvgIpc) is 3.36. The fourth-order valence-electron chi connectivity index (χ4n) is 5.06. The summed E-state index contributed by atoms with van der Waals surface area (Å²) in [5.74, 6) is -4.45. The van der Waals surface area contributed by atoms with Gasteiger partial charge in [-0.2, -0.15) is 5.26 Å². The number of nitrogens with zero attached hydrogens (tertiary/aromatic N) is 5. The zero-order chi connectivity index (χ0) is 29.9. The summed E-state index contributed by atoms with van der Waals surface area (Å²) in [7, 11) is 0. The van der Waals surface area contributed by atoms with Gasteiger partial charge in [-0.05, 0) is 38.1 Å². The number of pyridine rings is 2. The van der Waals surface area contributed by atoms with E-state index in [1.54, 1.807) is 32.0 Å². The number of thiophene rings is 1. The molecule has 9 nitrogen and oxygen atoms in total. The van der Waals surface area contributed by atoms with Gasteiger partial charge in [-0.15, -0.1) is 11.3 Å². The number of hydrogen-bond acceptors (Lipinski definition) is 8. The Kier molecular flexibility index (Phi) is 6.67. The minimum atomic E-state index is -2.95. The number of carboxylic acid groups (broad SMARTS) is 1. The van der Waals surface area contributed by atoms with Crippen LogP contribution in [0.15, 0.2) is 40.6 Å². The third-order valence-corrected chi connectivity index (χ3v) is 8.41. The van der Waals surface area contributed by atoms with Crippen molar-refractivity contribution >= 4 is 50.0 Å². The van der Waals surface area contributed by atoms with Crippen molar-refractivity contribution in [3.8, 4) is 22.9 Å². The molecule has 1 N–H and O–H groups in total. The first kappa shape index (κ1) is 27.7. The maximum Gasteiger partial charge on any atom is 0.338 e. The summed E-state index contributed by atoms with van der Waals surface area (Å²) >= 11 is 7.58. The van der Waals surface area contributed by atoms with Crippen LogP contribution in [0.2, 0.25) is 5.02 Å². The number of rotatable bonds is 7. The van der Waals surface area contributed by atoms with Crippen LogP contribution in [0.5, 0.6) is 5.75 Å². The third kappa shape index (κ3) is 4.64. The summed E-state index contributed by atoms with van der Waals surface area (Å²) in [4.78, 5) is 38.1. The Hall–Kier alpha value is -4.47. The van der Waals surface area contributed by atoms with E-state index in [1.807, 2.05) is 12.1 Å². The number of carbonyl (C=O) groups is 1. The van der Waals surface area contributed by atoms with Gasteiger partial charge in [0.15, 0.2) is 0 Å². The number of aromatic nitrogens is 4. The summed E-state index contributed by atoms with van der Waals surface area (Å²) in [6.07, 6.45) is 0.838. The molecule has 4 heterocycles. The van der Waals surface area contributed by atoms with E-state index in [0.29, 0.717) is 43.6 Å². The highest BCUT2D eigenvalue weighted by atomic mass is 35.5. The highest BCUT2D eigenvalue weighted by molar-refractivity contribution is 7.18. The molecule has 0 saturated heterocycles. The van der Waals surface area contributed by atoms with E-state index >= 15 is 0 Å². The molecule has 1 aromatic carbocycles. The lowest BCUT2D eigenvalue weighted by Gasteiger charge is -2.16. The second-order valence-corrected chi connectivity index (χ2v) is 11.3. The van der Waals surface area contributed by atoms with Gasteiger partial charge in [0, 0.05) is 33.6 Å². The summed E-state index contributed by atoms with van der Waals surface area (Å²) in [6, 6.07) is 8.76. The molecule has 0 radical (unpaired) electrons. The van der Waals surface area contributed by atoms with Gasteiger partial charge < -0.3 is 9.84 Å². The zero-order valence-electron chi connectivity index (χ0n) is 22.1. The second-order valence-electron chi connectivity index (χ2n) is 9.96. The van der Waals surface area contributed by atoms with E-state index < -0.39 is 29.8 Å². The Bertz CT molecular complexity index is 2050. The maximum atomic E-state index is 13.8. The topological polar surface area (TPSA) is 131 Å². The van der Waals surface area contributed by atoms with Crippen molar-refractivity contribution < 1.29 is 23.4 Å². The van der Waals surface area contributed by atoms with Crippen LogP contribution in [0.3, 0.4) is 0 Å². The molecule has 0 spiro atoms. The highest BCUT2D eigenvalue weighted by Gasteiger charge is 2.59. The Balaban J connectivity index is 1.35. The molecule has 5 aromatic rings. The first-order valence-corrected chi connectivity index (χ1v) is 14.0. The Morgan fingerprint density at radius 1 is 1.29 bits per heavy atom. The molecular formula is C29H20ClF2N5O4S. The first-order chi connectivity index (χ1) is 20.0. The normalized spacial score (nSPS) is 15.6. The summed E-state index contributed by atoms with van der Waals surface area (Å²) in [5, 5.41) is 21.3. The number of aromatic carboxylic acids is 1. The molecule has 1 saturated carbocycles. The van der Waals surface area contributed by atoms with Crippen LogP contribution < -0.4 is 10.3 Å². The van der Waals surface area contributed by atoms with Crippen molar-refractivity contribution in [1.82, 2.24) is 19.5 Å². The molecule has 1 atom stereocenters. The van der Waals surface area contributed by atoms with E-state index in [0.717, 1.165) is 0 Å². The van der Waals surface area contributed by atoms with Gasteiger partial charge in [0.2, 0.25) is 0 Å². The zero-order valence-corrected chi connectivity index (χ0v) is 23.7. The number of alkyl halides is 2. The van der Waals surface area contributed by atoms with Crippen LogP contribution in [0.4, 0.5) is 8.78 Å².